The molecule has 0 spiro atoms. The number of hydrogen-bond donors (Lipinski definition) is 1. The van der Waals surface area contributed by atoms with Crippen LogP contribution in [0.4, 0.5) is 4.39 Å². The molecule has 0 aliphatic rings. The highest BCUT2D eigenvalue weighted by molar-refractivity contribution is 7.99. The fourth-order valence-electron chi connectivity index (χ4n) is 2.17. The minimum Gasteiger partial charge on any atom is -0.355 e. The molecule has 0 saturated carbocycles. The number of amides is 1. The van der Waals surface area contributed by atoms with Crippen molar-refractivity contribution in [3.8, 4) is 0 Å². The summed E-state index contributed by atoms with van der Waals surface area (Å²) >= 11 is 1.53. The van der Waals surface area contributed by atoms with Crippen molar-refractivity contribution in [3.05, 3.63) is 65.5 Å². The smallest absolute Gasteiger partial charge is 0.251 e. The van der Waals surface area contributed by atoms with Crippen molar-refractivity contribution in [2.45, 2.75) is 11.4 Å². The standard InChI is InChI=1S/C18H21FN2OS/c1-20-18(22)15-9-7-14(8-10-15)13-21(2)11-12-23-17-6-4-3-5-16(17)19/h3-10H,11-13H2,1-2H3,(H,20,22). The van der Waals surface area contributed by atoms with Crippen LogP contribution >= 0.6 is 11.8 Å². The van der Waals surface area contributed by atoms with Gasteiger partial charge >= 0.3 is 0 Å². The molecule has 0 aliphatic carbocycles. The summed E-state index contributed by atoms with van der Waals surface area (Å²) in [6.45, 7) is 1.65. The number of rotatable bonds is 7. The third kappa shape index (κ3) is 5.37. The Labute approximate surface area is 140 Å². The summed E-state index contributed by atoms with van der Waals surface area (Å²) in [5.41, 5.74) is 1.81. The lowest BCUT2D eigenvalue weighted by Crippen LogP contribution is -2.21. The first-order valence-corrected chi connectivity index (χ1v) is 8.45. The molecule has 122 valence electrons. The molecule has 23 heavy (non-hydrogen) atoms. The zero-order chi connectivity index (χ0) is 16.7. The predicted octanol–water partition coefficient (Wildman–Crippen LogP) is 3.41. The first-order valence-electron chi connectivity index (χ1n) is 7.47. The van der Waals surface area contributed by atoms with Crippen molar-refractivity contribution in [1.29, 1.82) is 0 Å². The number of carbonyl (C=O) groups is 1. The molecule has 0 unspecified atom stereocenters. The second-order valence-electron chi connectivity index (χ2n) is 5.29. The van der Waals surface area contributed by atoms with Crippen LogP contribution in [0.3, 0.4) is 0 Å². The van der Waals surface area contributed by atoms with Gasteiger partial charge in [-0.1, -0.05) is 24.3 Å². The third-order valence-electron chi connectivity index (χ3n) is 3.46. The fourth-order valence-corrected chi connectivity index (χ4v) is 3.17. The summed E-state index contributed by atoms with van der Waals surface area (Å²) in [4.78, 5) is 14.4. The first-order chi connectivity index (χ1) is 11.1. The van der Waals surface area contributed by atoms with Crippen molar-refractivity contribution in [2.24, 2.45) is 0 Å². The third-order valence-corrected chi connectivity index (χ3v) is 4.49. The average Bonchev–Trinajstić information content (AvgIpc) is 2.56. The fraction of sp³-hybridized carbons (Fsp3) is 0.278. The lowest BCUT2D eigenvalue weighted by atomic mass is 10.1. The predicted molar refractivity (Wildman–Crippen MR) is 93.3 cm³/mol. The molecule has 2 aromatic rings. The lowest BCUT2D eigenvalue weighted by Gasteiger charge is -2.16. The summed E-state index contributed by atoms with van der Waals surface area (Å²) in [6, 6.07) is 14.4. The number of halogens is 1. The van der Waals surface area contributed by atoms with Crippen molar-refractivity contribution in [1.82, 2.24) is 10.2 Å². The lowest BCUT2D eigenvalue weighted by molar-refractivity contribution is 0.0963. The van der Waals surface area contributed by atoms with E-state index in [4.69, 9.17) is 0 Å². The molecule has 2 aromatic carbocycles. The summed E-state index contributed by atoms with van der Waals surface area (Å²) < 4.78 is 13.5. The first kappa shape index (κ1) is 17.5. The quantitative estimate of drug-likeness (QED) is 0.789. The van der Waals surface area contributed by atoms with Crippen molar-refractivity contribution < 1.29 is 9.18 Å². The zero-order valence-corrected chi connectivity index (χ0v) is 14.2. The van der Waals surface area contributed by atoms with E-state index in [1.165, 1.54) is 17.8 Å². The molecule has 0 fully saturated rings. The van der Waals surface area contributed by atoms with Crippen molar-refractivity contribution >= 4 is 17.7 Å². The molecule has 0 aromatic heterocycles. The minimum absolute atomic E-state index is 0.0776. The van der Waals surface area contributed by atoms with E-state index in [1.54, 1.807) is 19.2 Å². The highest BCUT2D eigenvalue weighted by Crippen LogP contribution is 2.21. The van der Waals surface area contributed by atoms with Gasteiger partial charge in [-0.25, -0.2) is 4.39 Å². The number of benzene rings is 2. The summed E-state index contributed by atoms with van der Waals surface area (Å²) in [7, 11) is 3.66. The van der Waals surface area contributed by atoms with Crippen LogP contribution in [0.15, 0.2) is 53.4 Å². The van der Waals surface area contributed by atoms with Gasteiger partial charge in [0.15, 0.2) is 0 Å². The van der Waals surface area contributed by atoms with Gasteiger partial charge in [0, 0.05) is 36.3 Å². The van der Waals surface area contributed by atoms with E-state index >= 15 is 0 Å². The molecule has 0 saturated heterocycles. The van der Waals surface area contributed by atoms with Gasteiger partial charge in [0.2, 0.25) is 0 Å². The maximum atomic E-state index is 13.5. The van der Waals surface area contributed by atoms with Gasteiger partial charge < -0.3 is 10.2 Å². The van der Waals surface area contributed by atoms with Crippen LogP contribution < -0.4 is 5.32 Å². The Kier molecular flexibility index (Phi) is 6.62. The van der Waals surface area contributed by atoms with Gasteiger partial charge in [-0.15, -0.1) is 11.8 Å². The Hall–Kier alpha value is -1.85. The van der Waals surface area contributed by atoms with E-state index in [1.807, 2.05) is 37.4 Å². The van der Waals surface area contributed by atoms with Gasteiger partial charge in [-0.3, -0.25) is 4.79 Å². The van der Waals surface area contributed by atoms with Crippen molar-refractivity contribution in [2.75, 3.05) is 26.4 Å². The van der Waals surface area contributed by atoms with E-state index in [0.717, 1.165) is 24.4 Å². The molecule has 5 heteroatoms. The molecule has 0 radical (unpaired) electrons. The van der Waals surface area contributed by atoms with Crippen LogP contribution in [0.2, 0.25) is 0 Å². The summed E-state index contributed by atoms with van der Waals surface area (Å²) in [5.74, 6) is 0.587. The number of thioether (sulfide) groups is 1. The highest BCUT2D eigenvalue weighted by atomic mass is 32.2. The monoisotopic (exact) mass is 332 g/mol. The van der Waals surface area contributed by atoms with E-state index < -0.39 is 0 Å². The van der Waals surface area contributed by atoms with Gasteiger partial charge in [0.05, 0.1) is 0 Å². The Morgan fingerprint density at radius 1 is 1.17 bits per heavy atom. The summed E-state index contributed by atoms with van der Waals surface area (Å²) in [6.07, 6.45) is 0. The van der Waals surface area contributed by atoms with Gasteiger partial charge in [-0.05, 0) is 36.9 Å². The molecule has 1 amide bonds. The Balaban J connectivity index is 1.79. The number of carbonyl (C=O) groups excluding carboxylic acids is 1. The second-order valence-corrected chi connectivity index (χ2v) is 6.43. The molecular formula is C18H21FN2OS. The molecule has 0 heterocycles. The molecule has 0 atom stereocenters. The Morgan fingerprint density at radius 2 is 1.87 bits per heavy atom. The van der Waals surface area contributed by atoms with E-state index in [9.17, 15) is 9.18 Å². The van der Waals surface area contributed by atoms with E-state index in [0.29, 0.717) is 10.5 Å². The molecule has 2 rings (SSSR count). The minimum atomic E-state index is -0.162. The highest BCUT2D eigenvalue weighted by Gasteiger charge is 2.06. The molecule has 0 bridgehead atoms. The largest absolute Gasteiger partial charge is 0.355 e. The molecule has 3 nitrogen and oxygen atoms in total. The molecule has 1 N–H and O–H groups in total. The van der Waals surface area contributed by atoms with Crippen LogP contribution in [0, 0.1) is 5.82 Å². The van der Waals surface area contributed by atoms with Crippen LogP contribution in [-0.2, 0) is 6.54 Å². The molecular weight excluding hydrogens is 311 g/mol. The van der Waals surface area contributed by atoms with Crippen molar-refractivity contribution in [3.63, 3.8) is 0 Å². The maximum Gasteiger partial charge on any atom is 0.251 e. The van der Waals surface area contributed by atoms with Gasteiger partial charge in [-0.2, -0.15) is 0 Å². The average molecular weight is 332 g/mol. The van der Waals surface area contributed by atoms with E-state index in [-0.39, 0.29) is 11.7 Å². The summed E-state index contributed by atoms with van der Waals surface area (Å²) in [5, 5.41) is 2.61. The van der Waals surface area contributed by atoms with Crippen LogP contribution in [0.5, 0.6) is 0 Å². The molecule has 0 aliphatic heterocycles. The van der Waals surface area contributed by atoms with Gasteiger partial charge in [0.1, 0.15) is 5.82 Å². The SMILES string of the molecule is CNC(=O)c1ccc(CN(C)CCSc2ccccc2F)cc1. The Bertz CT molecular complexity index is 646. The van der Waals surface area contributed by atoms with Crippen LogP contribution in [0.25, 0.3) is 0 Å². The number of nitrogens with one attached hydrogen (secondary N) is 1. The topological polar surface area (TPSA) is 32.3 Å². The second kappa shape index (κ2) is 8.70. The van der Waals surface area contributed by atoms with E-state index in [2.05, 4.69) is 10.2 Å². The number of hydrogen-bond acceptors (Lipinski definition) is 3. The van der Waals surface area contributed by atoms with Crippen LogP contribution in [-0.4, -0.2) is 37.2 Å². The number of nitrogens with zero attached hydrogens (tertiary/aromatic N) is 1. The zero-order valence-electron chi connectivity index (χ0n) is 13.4. The Morgan fingerprint density at radius 3 is 2.52 bits per heavy atom. The van der Waals surface area contributed by atoms with Gasteiger partial charge in [0.25, 0.3) is 5.91 Å². The normalized spacial score (nSPS) is 10.8. The maximum absolute atomic E-state index is 13.5. The van der Waals surface area contributed by atoms with Crippen LogP contribution in [0.1, 0.15) is 15.9 Å².